The summed E-state index contributed by atoms with van der Waals surface area (Å²) in [6, 6.07) is 23.9. The monoisotopic (exact) mass is 484 g/mol. The molecule has 0 radical (unpaired) electrons. The number of methoxy groups -OCH3 is 1. The minimum atomic E-state index is -0.569. The van der Waals surface area contributed by atoms with Gasteiger partial charge < -0.3 is 9.84 Å². The summed E-state index contributed by atoms with van der Waals surface area (Å²) in [4.78, 5) is 15.3. The molecule has 0 saturated carbocycles. The van der Waals surface area contributed by atoms with Gasteiger partial charge in [-0.3, -0.25) is 15.1 Å². The van der Waals surface area contributed by atoms with Gasteiger partial charge in [-0.2, -0.15) is 0 Å². The molecule has 0 fully saturated rings. The maximum absolute atomic E-state index is 13.5. The molecule has 3 aromatic rings. The second-order valence-corrected chi connectivity index (χ2v) is 9.07. The molecule has 0 spiro atoms. The Kier molecular flexibility index (Phi) is 6.18. The molecule has 1 atom stereocenters. The summed E-state index contributed by atoms with van der Waals surface area (Å²) < 4.78 is 5.33. The van der Waals surface area contributed by atoms with E-state index < -0.39 is 5.92 Å². The number of rotatable bonds is 4. The molecule has 5 rings (SSSR count). The number of nitrogens with one attached hydrogen (secondary N) is 1. The van der Waals surface area contributed by atoms with Crippen LogP contribution in [0.1, 0.15) is 36.3 Å². The van der Waals surface area contributed by atoms with Crippen molar-refractivity contribution in [2.24, 2.45) is 0 Å². The quantitative estimate of drug-likeness (QED) is 0.395. The topological polar surface area (TPSA) is 73.6 Å². The van der Waals surface area contributed by atoms with Crippen molar-refractivity contribution in [3.8, 4) is 5.75 Å². The minimum absolute atomic E-state index is 0.0136. The normalized spacial score (nSPS) is 19.5. The zero-order valence-electron chi connectivity index (χ0n) is 19.3. The number of Topliss-reactive ketones (excluding diaryl/α,β-unsaturated/α-hetero) is 1. The van der Waals surface area contributed by atoms with Crippen molar-refractivity contribution in [2.45, 2.75) is 25.2 Å². The molecule has 0 bridgehead atoms. The number of allylic oxidation sites excluding steroid dienone is 2. The molecule has 1 aliphatic carbocycles. The van der Waals surface area contributed by atoms with Crippen LogP contribution in [-0.4, -0.2) is 23.8 Å². The smallest absolute Gasteiger partial charge is 0.161 e. The first kappa shape index (κ1) is 22.9. The van der Waals surface area contributed by atoms with Crippen molar-refractivity contribution in [1.82, 2.24) is 0 Å². The van der Waals surface area contributed by atoms with Crippen LogP contribution < -0.4 is 9.64 Å². The third-order valence-electron chi connectivity index (χ3n) is 6.59. The van der Waals surface area contributed by atoms with Crippen molar-refractivity contribution in [1.29, 1.82) is 5.41 Å². The van der Waals surface area contributed by atoms with Crippen molar-refractivity contribution < 1.29 is 14.6 Å². The van der Waals surface area contributed by atoms with Crippen LogP contribution in [0, 0.1) is 5.41 Å². The molecule has 6 heteroatoms. The van der Waals surface area contributed by atoms with Crippen LogP contribution >= 0.6 is 11.6 Å². The van der Waals surface area contributed by atoms with Gasteiger partial charge in [0.25, 0.3) is 0 Å². The summed E-state index contributed by atoms with van der Waals surface area (Å²) in [6.07, 6.45) is 1.82. The molecular formula is C29H25ClN2O3. The number of ether oxygens (including phenoxy) is 1. The highest BCUT2D eigenvalue weighted by Crippen LogP contribution is 2.48. The molecule has 35 heavy (non-hydrogen) atoms. The third kappa shape index (κ3) is 4.13. The number of carbonyl (C=O) groups is 1. The van der Waals surface area contributed by atoms with Gasteiger partial charge >= 0.3 is 0 Å². The third-order valence-corrected chi connectivity index (χ3v) is 6.84. The Bertz CT molecular complexity index is 1340. The van der Waals surface area contributed by atoms with Gasteiger partial charge in [-0.25, -0.2) is 0 Å². The average molecular weight is 485 g/mol. The molecule has 0 unspecified atom stereocenters. The fourth-order valence-electron chi connectivity index (χ4n) is 4.95. The van der Waals surface area contributed by atoms with Crippen LogP contribution in [0.4, 0.5) is 5.69 Å². The van der Waals surface area contributed by atoms with Gasteiger partial charge in [0, 0.05) is 45.5 Å². The lowest BCUT2D eigenvalue weighted by Crippen LogP contribution is -2.42. The Morgan fingerprint density at radius 3 is 2.34 bits per heavy atom. The Labute approximate surface area is 209 Å². The van der Waals surface area contributed by atoms with Gasteiger partial charge in [0.1, 0.15) is 17.3 Å². The minimum Gasteiger partial charge on any atom is -0.507 e. The van der Waals surface area contributed by atoms with E-state index >= 15 is 0 Å². The predicted molar refractivity (Wildman–Crippen MR) is 139 cm³/mol. The standard InChI is InChI=1S/C29H25ClN2O3/c1-35-22-16-10-18(11-17-22)25-26-23(8-5-9-24(26)33)32(21-14-12-20(30)13-15-21)29(31)27(25)28(34)19-6-3-2-4-7-19/h2-4,6-7,10-17,25,31,34H,5,8-9H2,1H3/t25-/m1/s1. The van der Waals surface area contributed by atoms with Crippen molar-refractivity contribution >= 4 is 34.7 Å². The first-order chi connectivity index (χ1) is 17.0. The lowest BCUT2D eigenvalue weighted by molar-refractivity contribution is -0.116. The fraction of sp³-hybridized carbons (Fsp3) is 0.172. The van der Waals surface area contributed by atoms with Crippen molar-refractivity contribution in [2.75, 3.05) is 12.0 Å². The van der Waals surface area contributed by atoms with E-state index in [9.17, 15) is 15.3 Å². The SMILES string of the molecule is COc1ccc([C@H]2C(=C(O)c3ccccc3)C(=N)N(c3ccc(Cl)cc3)C3=C2C(=O)CCC3)cc1. The van der Waals surface area contributed by atoms with E-state index in [4.69, 9.17) is 16.3 Å². The number of halogens is 1. The molecule has 3 aromatic carbocycles. The van der Waals surface area contributed by atoms with E-state index in [0.717, 1.165) is 16.9 Å². The van der Waals surface area contributed by atoms with Crippen molar-refractivity contribution in [3.63, 3.8) is 0 Å². The Balaban J connectivity index is 1.80. The second kappa shape index (κ2) is 9.43. The molecular weight excluding hydrogens is 460 g/mol. The molecule has 5 nitrogen and oxygen atoms in total. The van der Waals surface area contributed by atoms with Crippen LogP contribution in [-0.2, 0) is 4.79 Å². The van der Waals surface area contributed by atoms with E-state index in [1.807, 2.05) is 54.6 Å². The summed E-state index contributed by atoms with van der Waals surface area (Å²) in [5.41, 5.74) is 3.97. The number of benzene rings is 3. The number of hydrogen-bond donors (Lipinski definition) is 2. The Morgan fingerprint density at radius 2 is 1.69 bits per heavy atom. The number of nitrogens with zero attached hydrogens (tertiary/aromatic N) is 1. The molecule has 0 amide bonds. The maximum atomic E-state index is 13.5. The van der Waals surface area contributed by atoms with Gasteiger partial charge in [-0.05, 0) is 54.8 Å². The number of hydrogen-bond acceptors (Lipinski definition) is 4. The number of aliphatic hydroxyl groups excluding tert-OH is 1. The van der Waals surface area contributed by atoms with E-state index in [-0.39, 0.29) is 17.4 Å². The summed E-state index contributed by atoms with van der Waals surface area (Å²) >= 11 is 6.14. The first-order valence-corrected chi connectivity index (χ1v) is 11.9. The number of amidine groups is 1. The highest BCUT2D eigenvalue weighted by molar-refractivity contribution is 6.30. The molecule has 0 saturated heterocycles. The highest BCUT2D eigenvalue weighted by atomic mass is 35.5. The van der Waals surface area contributed by atoms with Gasteiger partial charge in [-0.15, -0.1) is 0 Å². The first-order valence-electron chi connectivity index (χ1n) is 11.5. The summed E-state index contributed by atoms with van der Waals surface area (Å²) in [6.45, 7) is 0. The lowest BCUT2D eigenvalue weighted by atomic mass is 9.73. The van der Waals surface area contributed by atoms with Gasteiger partial charge in [0.15, 0.2) is 5.78 Å². The van der Waals surface area contributed by atoms with Crippen LogP contribution in [0.2, 0.25) is 5.02 Å². The number of anilines is 1. The summed E-state index contributed by atoms with van der Waals surface area (Å²) in [7, 11) is 1.60. The number of carbonyl (C=O) groups excluding carboxylic acids is 1. The van der Waals surface area contributed by atoms with E-state index in [2.05, 4.69) is 0 Å². The number of aliphatic hydroxyl groups is 1. The molecule has 2 aliphatic rings. The van der Waals surface area contributed by atoms with Crippen LogP contribution in [0.5, 0.6) is 5.75 Å². The fourth-order valence-corrected chi connectivity index (χ4v) is 5.07. The largest absolute Gasteiger partial charge is 0.507 e. The lowest BCUT2D eigenvalue weighted by Gasteiger charge is -2.41. The van der Waals surface area contributed by atoms with E-state index in [1.165, 1.54) is 0 Å². The Hall–Kier alpha value is -3.83. The molecule has 0 aromatic heterocycles. The predicted octanol–water partition coefficient (Wildman–Crippen LogP) is 6.91. The molecule has 2 N–H and O–H groups in total. The molecule has 1 heterocycles. The molecule has 1 aliphatic heterocycles. The molecule has 176 valence electrons. The average Bonchev–Trinajstić information content (AvgIpc) is 2.89. The summed E-state index contributed by atoms with van der Waals surface area (Å²) in [5, 5.41) is 21.5. The van der Waals surface area contributed by atoms with Gasteiger partial charge in [0.2, 0.25) is 0 Å². The highest BCUT2D eigenvalue weighted by Gasteiger charge is 2.43. The van der Waals surface area contributed by atoms with Gasteiger partial charge in [0.05, 0.1) is 7.11 Å². The van der Waals surface area contributed by atoms with E-state index in [1.54, 1.807) is 36.3 Å². The maximum Gasteiger partial charge on any atom is 0.161 e. The van der Waals surface area contributed by atoms with Gasteiger partial charge in [-0.1, -0.05) is 54.1 Å². The Morgan fingerprint density at radius 1 is 1.00 bits per heavy atom. The van der Waals surface area contributed by atoms with Crippen LogP contribution in [0.3, 0.4) is 0 Å². The van der Waals surface area contributed by atoms with Crippen molar-refractivity contribution in [3.05, 3.63) is 112 Å². The number of ketones is 1. The summed E-state index contributed by atoms with van der Waals surface area (Å²) in [5.74, 6) is 0.296. The zero-order valence-corrected chi connectivity index (χ0v) is 20.0. The van der Waals surface area contributed by atoms with E-state index in [0.29, 0.717) is 46.7 Å². The van der Waals surface area contributed by atoms with Crippen LogP contribution in [0.15, 0.2) is 95.7 Å². The zero-order chi connectivity index (χ0) is 24.5. The second-order valence-electron chi connectivity index (χ2n) is 8.63. The van der Waals surface area contributed by atoms with Crippen LogP contribution in [0.25, 0.3) is 5.76 Å².